The number of hydrogen-bond donors (Lipinski definition) is 1. The van der Waals surface area contributed by atoms with E-state index in [1.54, 1.807) is 48.5 Å². The average molecular weight is 563 g/mol. The maximum absolute atomic E-state index is 12.3. The molecule has 1 amide bonds. The van der Waals surface area contributed by atoms with E-state index in [0.717, 1.165) is 5.56 Å². The summed E-state index contributed by atoms with van der Waals surface area (Å²) < 4.78 is 11.8. The van der Waals surface area contributed by atoms with Gasteiger partial charge in [-0.1, -0.05) is 23.2 Å². The lowest BCUT2D eigenvalue weighted by atomic mass is 10.2. The number of furan rings is 1. The smallest absolute Gasteiger partial charge is 0.307 e. The molecule has 0 unspecified atom stereocenters. The third-order valence-corrected chi connectivity index (χ3v) is 5.74. The highest BCUT2D eigenvalue weighted by atomic mass is 79.9. The van der Waals surface area contributed by atoms with Gasteiger partial charge in [-0.05, 0) is 75.6 Å². The van der Waals surface area contributed by atoms with Gasteiger partial charge in [-0.2, -0.15) is 5.10 Å². The van der Waals surface area contributed by atoms with Crippen LogP contribution in [0, 0.1) is 10.1 Å². The van der Waals surface area contributed by atoms with Gasteiger partial charge in [0.15, 0.2) is 11.5 Å². The summed E-state index contributed by atoms with van der Waals surface area (Å²) >= 11 is 15.7. The van der Waals surface area contributed by atoms with Crippen LogP contribution in [0.3, 0.4) is 0 Å². The Bertz CT molecular complexity index is 1400. The van der Waals surface area contributed by atoms with Crippen LogP contribution in [-0.4, -0.2) is 17.0 Å². The van der Waals surface area contributed by atoms with Gasteiger partial charge in [0.05, 0.1) is 20.6 Å². The van der Waals surface area contributed by atoms with Crippen molar-refractivity contribution in [1.82, 2.24) is 5.43 Å². The lowest BCUT2D eigenvalue weighted by Gasteiger charge is -2.11. The monoisotopic (exact) mass is 561 g/mol. The highest BCUT2D eigenvalue weighted by molar-refractivity contribution is 9.10. The largest absolute Gasteiger partial charge is 0.486 e. The summed E-state index contributed by atoms with van der Waals surface area (Å²) in [5.74, 6) is -0.0115. The number of hydrazone groups is 1. The van der Waals surface area contributed by atoms with Crippen molar-refractivity contribution in [3.8, 4) is 5.75 Å². The first-order valence-electron chi connectivity index (χ1n) is 9.68. The van der Waals surface area contributed by atoms with E-state index >= 15 is 0 Å². The molecule has 0 fully saturated rings. The number of carbonyl (C=O) groups is 1. The second-order valence-corrected chi connectivity index (χ2v) is 8.72. The van der Waals surface area contributed by atoms with Gasteiger partial charge in [0.25, 0.3) is 5.69 Å². The van der Waals surface area contributed by atoms with E-state index < -0.39 is 10.8 Å². The van der Waals surface area contributed by atoms with Crippen molar-refractivity contribution < 1.29 is 18.9 Å². The molecule has 11 heteroatoms. The van der Waals surface area contributed by atoms with Gasteiger partial charge in [-0.3, -0.25) is 14.9 Å². The van der Waals surface area contributed by atoms with E-state index in [-0.39, 0.29) is 18.1 Å². The summed E-state index contributed by atoms with van der Waals surface area (Å²) in [6, 6.07) is 16.0. The number of non-ortho nitro benzene ring substituents is 1. The molecule has 8 nitrogen and oxygen atoms in total. The fourth-order valence-electron chi connectivity index (χ4n) is 3.01. The van der Waals surface area contributed by atoms with Crippen LogP contribution in [0.1, 0.15) is 21.7 Å². The minimum Gasteiger partial charge on any atom is -0.486 e. The predicted octanol–water partition coefficient (Wildman–Crippen LogP) is 6.75. The number of nitrogens with zero attached hydrogens (tertiary/aromatic N) is 2. The van der Waals surface area contributed by atoms with Crippen LogP contribution in [0.4, 0.5) is 5.69 Å². The number of hydrogen-bond acceptors (Lipinski definition) is 6. The first-order valence-corrected chi connectivity index (χ1v) is 11.2. The lowest BCUT2D eigenvalue weighted by molar-refractivity contribution is -0.384. The van der Waals surface area contributed by atoms with Crippen LogP contribution < -0.4 is 10.2 Å². The molecular formula is C23H14BrCl2N3O5. The molecule has 172 valence electrons. The van der Waals surface area contributed by atoms with E-state index in [0.29, 0.717) is 36.8 Å². The van der Waals surface area contributed by atoms with Gasteiger partial charge < -0.3 is 9.15 Å². The Labute approximate surface area is 211 Å². The second-order valence-electron chi connectivity index (χ2n) is 7.02. The van der Waals surface area contributed by atoms with Crippen molar-refractivity contribution in [2.24, 2.45) is 5.10 Å². The maximum Gasteiger partial charge on any atom is 0.307 e. The van der Waals surface area contributed by atoms with Gasteiger partial charge in [-0.15, -0.1) is 0 Å². The fraction of sp³-hybridized carbons (Fsp3) is 0.0435. The van der Waals surface area contributed by atoms with Crippen LogP contribution in [0.5, 0.6) is 5.75 Å². The number of nitrogens with one attached hydrogen (secondary N) is 1. The Hall–Kier alpha value is -3.40. The third-order valence-electron chi connectivity index (χ3n) is 4.63. The molecule has 0 aliphatic heterocycles. The number of halogens is 3. The molecule has 1 aromatic heterocycles. The van der Waals surface area contributed by atoms with E-state index in [4.69, 9.17) is 32.4 Å². The average Bonchev–Trinajstić information content (AvgIpc) is 3.22. The summed E-state index contributed by atoms with van der Waals surface area (Å²) in [7, 11) is 0. The van der Waals surface area contributed by atoms with Crippen LogP contribution in [0.25, 0.3) is 11.0 Å². The third kappa shape index (κ3) is 5.56. The molecule has 0 atom stereocenters. The highest BCUT2D eigenvalue weighted by Crippen LogP contribution is 2.35. The predicted molar refractivity (Wildman–Crippen MR) is 133 cm³/mol. The van der Waals surface area contributed by atoms with Gasteiger partial charge in [0.1, 0.15) is 12.2 Å². The molecule has 0 radical (unpaired) electrons. The molecular weight excluding hydrogens is 549 g/mol. The van der Waals surface area contributed by atoms with E-state index in [1.807, 2.05) is 0 Å². The molecule has 0 saturated heterocycles. The first kappa shape index (κ1) is 23.7. The van der Waals surface area contributed by atoms with Gasteiger partial charge in [-0.25, -0.2) is 5.43 Å². The zero-order valence-electron chi connectivity index (χ0n) is 17.1. The molecule has 3 aromatic carbocycles. The minimum absolute atomic E-state index is 0.00316. The van der Waals surface area contributed by atoms with Crippen molar-refractivity contribution in [3.05, 3.63) is 102 Å². The quantitative estimate of drug-likeness (QED) is 0.152. The van der Waals surface area contributed by atoms with Crippen molar-refractivity contribution in [2.45, 2.75) is 6.61 Å². The van der Waals surface area contributed by atoms with Crippen molar-refractivity contribution >= 4 is 67.9 Å². The van der Waals surface area contributed by atoms with Crippen molar-refractivity contribution in [2.75, 3.05) is 0 Å². The first-order chi connectivity index (χ1) is 16.3. The lowest BCUT2D eigenvalue weighted by Crippen LogP contribution is -2.16. The summed E-state index contributed by atoms with van der Waals surface area (Å²) in [4.78, 5) is 22.6. The molecule has 1 N–H and O–H groups in total. The second kappa shape index (κ2) is 10.3. The number of rotatable bonds is 7. The van der Waals surface area contributed by atoms with Crippen LogP contribution >= 0.6 is 39.1 Å². The van der Waals surface area contributed by atoms with Crippen LogP contribution in [0.15, 0.2) is 74.7 Å². The number of amides is 1. The number of fused-ring (bicyclic) bond motifs is 1. The van der Waals surface area contributed by atoms with Gasteiger partial charge in [0.2, 0.25) is 0 Å². The summed E-state index contributed by atoms with van der Waals surface area (Å²) in [6.45, 7) is 0.169. The number of carbonyl (C=O) groups excluding carboxylic acids is 1. The van der Waals surface area contributed by atoms with Crippen LogP contribution in [-0.2, 0) is 6.61 Å². The molecule has 0 aliphatic rings. The Kier molecular flexibility index (Phi) is 7.16. The molecule has 0 bridgehead atoms. The zero-order chi connectivity index (χ0) is 24.2. The fourth-order valence-corrected chi connectivity index (χ4v) is 4.18. The number of ether oxygens (including phenoxy) is 1. The van der Waals surface area contributed by atoms with Crippen molar-refractivity contribution in [3.63, 3.8) is 0 Å². The van der Waals surface area contributed by atoms with Gasteiger partial charge >= 0.3 is 5.91 Å². The number of benzene rings is 3. The molecule has 4 aromatic rings. The molecule has 0 spiro atoms. The SMILES string of the molecule is O=C(N/N=C/c1cc(Cl)c(OCc2ccc([N+](=O)[O-])cc2)c(Br)c1)c1cc2cc(Cl)ccc2o1. The summed E-state index contributed by atoms with van der Waals surface area (Å²) in [5, 5.41) is 16.3. The van der Waals surface area contributed by atoms with Crippen molar-refractivity contribution in [1.29, 1.82) is 0 Å². The Balaban J connectivity index is 1.39. The number of nitro benzene ring substituents is 1. The molecule has 0 saturated carbocycles. The normalized spacial score (nSPS) is 11.1. The Morgan fingerprint density at radius 1 is 1.15 bits per heavy atom. The van der Waals surface area contributed by atoms with Gasteiger partial charge in [0, 0.05) is 22.5 Å². The Morgan fingerprint density at radius 3 is 2.62 bits per heavy atom. The van der Waals surface area contributed by atoms with E-state index in [9.17, 15) is 14.9 Å². The highest BCUT2D eigenvalue weighted by Gasteiger charge is 2.13. The molecule has 34 heavy (non-hydrogen) atoms. The summed E-state index contributed by atoms with van der Waals surface area (Å²) in [5.41, 5.74) is 4.30. The number of nitro groups is 1. The Morgan fingerprint density at radius 2 is 1.91 bits per heavy atom. The maximum atomic E-state index is 12.3. The molecule has 0 aliphatic carbocycles. The minimum atomic E-state index is -0.517. The van der Waals surface area contributed by atoms with E-state index in [2.05, 4.69) is 26.5 Å². The topological polar surface area (TPSA) is 107 Å². The molecule has 1 heterocycles. The standard InChI is InChI=1S/C23H14BrCl2N3O5/c24-18-7-14(8-19(26)22(18)33-12-13-1-4-17(5-2-13)29(31)32)11-27-28-23(30)21-10-15-9-16(25)3-6-20(15)34-21/h1-11H,12H2,(H,28,30)/b27-11+. The zero-order valence-corrected chi connectivity index (χ0v) is 20.2. The molecule has 4 rings (SSSR count). The van der Waals surface area contributed by atoms with Crippen LogP contribution in [0.2, 0.25) is 10.0 Å². The van der Waals surface area contributed by atoms with E-state index in [1.165, 1.54) is 18.3 Å². The summed E-state index contributed by atoms with van der Waals surface area (Å²) in [6.07, 6.45) is 1.42.